The molecule has 0 unspecified atom stereocenters. The van der Waals surface area contributed by atoms with E-state index in [0.29, 0.717) is 19.4 Å². The average molecular weight is 344 g/mol. The lowest BCUT2D eigenvalue weighted by atomic mass is 10.1. The topological polar surface area (TPSA) is 46.9 Å². The van der Waals surface area contributed by atoms with Gasteiger partial charge >= 0.3 is 0 Å². The summed E-state index contributed by atoms with van der Waals surface area (Å²) in [5.74, 6) is 0.338. The van der Waals surface area contributed by atoms with Crippen molar-refractivity contribution in [2.75, 3.05) is 6.54 Å². The number of carbonyl (C=O) groups excluding carboxylic acids is 1. The highest BCUT2D eigenvalue weighted by atomic mass is 35.5. The van der Waals surface area contributed by atoms with E-state index in [1.165, 1.54) is 12.1 Å². The largest absolute Gasteiger partial charge is 0.355 e. The Hall–Kier alpha value is -1.33. The number of aromatic nitrogens is 2. The Bertz CT molecular complexity index is 759. The van der Waals surface area contributed by atoms with Crippen molar-refractivity contribution in [3.05, 3.63) is 29.8 Å². The number of hydrogen-bond acceptors (Lipinski definition) is 2. The normalized spacial score (nSPS) is 22.8. The minimum Gasteiger partial charge on any atom is -0.355 e. The van der Waals surface area contributed by atoms with Gasteiger partial charge in [0.05, 0.1) is 16.4 Å². The molecule has 1 amide bonds. The molecule has 0 radical (unpaired) electrons. The van der Waals surface area contributed by atoms with Crippen LogP contribution in [0.1, 0.15) is 19.2 Å². The third-order valence-corrected chi connectivity index (χ3v) is 5.43. The van der Waals surface area contributed by atoms with E-state index in [1.807, 2.05) is 11.6 Å². The number of nitrogens with zero attached hydrogens (tertiary/aromatic N) is 2. The van der Waals surface area contributed by atoms with E-state index >= 15 is 0 Å². The maximum atomic E-state index is 13.3. The molecule has 0 saturated heterocycles. The number of halogens is 3. The number of benzene rings is 1. The number of imidazole rings is 1. The molecular weight excluding hydrogens is 328 g/mol. The van der Waals surface area contributed by atoms with Crippen LogP contribution in [0.25, 0.3) is 11.0 Å². The van der Waals surface area contributed by atoms with Gasteiger partial charge in [-0.2, -0.15) is 0 Å². The first-order valence-corrected chi connectivity index (χ1v) is 7.77. The first-order valence-electron chi connectivity index (χ1n) is 7.01. The van der Waals surface area contributed by atoms with E-state index in [1.54, 1.807) is 13.0 Å². The van der Waals surface area contributed by atoms with Crippen molar-refractivity contribution in [3.63, 3.8) is 0 Å². The third-order valence-electron chi connectivity index (χ3n) is 4.33. The highest BCUT2D eigenvalue weighted by molar-refractivity contribution is 6.53. The summed E-state index contributed by atoms with van der Waals surface area (Å²) >= 11 is 12.0. The van der Waals surface area contributed by atoms with Gasteiger partial charge in [0.2, 0.25) is 5.91 Å². The van der Waals surface area contributed by atoms with Crippen molar-refractivity contribution in [2.24, 2.45) is 12.5 Å². The summed E-state index contributed by atoms with van der Waals surface area (Å²) in [6, 6.07) is 4.48. The molecule has 1 N–H and O–H groups in total. The Morgan fingerprint density at radius 3 is 2.82 bits per heavy atom. The zero-order valence-electron chi connectivity index (χ0n) is 12.3. The van der Waals surface area contributed by atoms with Gasteiger partial charge in [0.1, 0.15) is 16.0 Å². The second-order valence-electron chi connectivity index (χ2n) is 5.94. The molecule has 1 fully saturated rings. The van der Waals surface area contributed by atoms with Gasteiger partial charge in [0, 0.05) is 20.0 Å². The molecule has 1 aromatic carbocycles. The van der Waals surface area contributed by atoms with E-state index in [2.05, 4.69) is 10.3 Å². The minimum absolute atomic E-state index is 0.151. The predicted octanol–water partition coefficient (Wildman–Crippen LogP) is 2.96. The molecule has 1 aliphatic rings. The zero-order valence-corrected chi connectivity index (χ0v) is 13.8. The summed E-state index contributed by atoms with van der Waals surface area (Å²) in [5, 5.41) is 2.84. The van der Waals surface area contributed by atoms with Gasteiger partial charge in [-0.25, -0.2) is 9.37 Å². The third kappa shape index (κ3) is 2.46. The second kappa shape index (κ2) is 5.10. The van der Waals surface area contributed by atoms with E-state index in [0.717, 1.165) is 16.9 Å². The lowest BCUT2D eigenvalue weighted by Gasteiger charge is -2.12. The molecule has 3 rings (SSSR count). The first-order chi connectivity index (χ1) is 10.2. The number of aryl methyl sites for hydroxylation is 1. The first kappa shape index (κ1) is 15.6. The Kier molecular flexibility index (Phi) is 3.61. The molecule has 4 nitrogen and oxygen atoms in total. The van der Waals surface area contributed by atoms with Crippen LogP contribution in [0.5, 0.6) is 0 Å². The van der Waals surface area contributed by atoms with Gasteiger partial charge in [-0.05, 0) is 31.5 Å². The van der Waals surface area contributed by atoms with Crippen LogP contribution >= 0.6 is 23.2 Å². The number of rotatable bonds is 4. The van der Waals surface area contributed by atoms with Crippen LogP contribution in [0.3, 0.4) is 0 Å². The van der Waals surface area contributed by atoms with Crippen LogP contribution in [-0.2, 0) is 18.3 Å². The summed E-state index contributed by atoms with van der Waals surface area (Å²) in [4.78, 5) is 16.5. The van der Waals surface area contributed by atoms with E-state index in [-0.39, 0.29) is 11.7 Å². The highest BCUT2D eigenvalue weighted by Crippen LogP contribution is 2.63. The van der Waals surface area contributed by atoms with Gasteiger partial charge in [-0.15, -0.1) is 23.2 Å². The van der Waals surface area contributed by atoms with Gasteiger partial charge in [0.15, 0.2) is 0 Å². The molecule has 1 saturated carbocycles. The van der Waals surface area contributed by atoms with Gasteiger partial charge in [-0.3, -0.25) is 4.79 Å². The van der Waals surface area contributed by atoms with Crippen LogP contribution in [0.2, 0.25) is 0 Å². The van der Waals surface area contributed by atoms with Crippen LogP contribution < -0.4 is 5.32 Å². The molecule has 0 bridgehead atoms. The maximum Gasteiger partial charge on any atom is 0.229 e. The Morgan fingerprint density at radius 2 is 2.18 bits per heavy atom. The number of hydrogen-bond donors (Lipinski definition) is 1. The molecule has 0 spiro atoms. The monoisotopic (exact) mass is 343 g/mol. The molecule has 0 aliphatic heterocycles. The SMILES string of the molecule is Cn1c(CCNC(=O)[C@]2(C)CC2(Cl)Cl)nc2ccc(F)cc21. The summed E-state index contributed by atoms with van der Waals surface area (Å²) < 4.78 is 14.1. The fraction of sp³-hybridized carbons (Fsp3) is 0.467. The van der Waals surface area contributed by atoms with Gasteiger partial charge < -0.3 is 9.88 Å². The van der Waals surface area contributed by atoms with Crippen molar-refractivity contribution >= 4 is 40.1 Å². The Labute approximate surface area is 137 Å². The van der Waals surface area contributed by atoms with Crippen molar-refractivity contribution in [2.45, 2.75) is 24.1 Å². The molecule has 1 atom stereocenters. The highest BCUT2D eigenvalue weighted by Gasteiger charge is 2.67. The summed E-state index contributed by atoms with van der Waals surface area (Å²) in [7, 11) is 1.83. The smallest absolute Gasteiger partial charge is 0.229 e. The Morgan fingerprint density at radius 1 is 1.50 bits per heavy atom. The van der Waals surface area contributed by atoms with Crippen LogP contribution in [0.15, 0.2) is 18.2 Å². The number of amides is 1. The molecule has 1 aliphatic carbocycles. The van der Waals surface area contributed by atoms with Gasteiger partial charge in [0.25, 0.3) is 0 Å². The van der Waals surface area contributed by atoms with E-state index in [4.69, 9.17) is 23.2 Å². The summed E-state index contributed by atoms with van der Waals surface area (Å²) in [6.07, 6.45) is 1.01. The summed E-state index contributed by atoms with van der Waals surface area (Å²) in [5.41, 5.74) is 0.752. The van der Waals surface area contributed by atoms with Crippen LogP contribution in [0.4, 0.5) is 4.39 Å². The molecule has 2 aromatic rings. The molecule has 1 heterocycles. The van der Waals surface area contributed by atoms with Crippen molar-refractivity contribution in [1.29, 1.82) is 0 Å². The van der Waals surface area contributed by atoms with Crippen molar-refractivity contribution < 1.29 is 9.18 Å². The number of carbonyl (C=O) groups is 1. The molecule has 22 heavy (non-hydrogen) atoms. The number of nitrogens with one attached hydrogen (secondary N) is 1. The quantitative estimate of drug-likeness (QED) is 0.867. The maximum absolute atomic E-state index is 13.3. The molecular formula is C15H16Cl2FN3O. The summed E-state index contributed by atoms with van der Waals surface area (Å²) in [6.45, 7) is 2.18. The van der Waals surface area contributed by atoms with E-state index < -0.39 is 9.75 Å². The van der Waals surface area contributed by atoms with Crippen LogP contribution in [0, 0.1) is 11.2 Å². The van der Waals surface area contributed by atoms with E-state index in [9.17, 15) is 9.18 Å². The molecule has 1 aromatic heterocycles. The molecule has 118 valence electrons. The Balaban J connectivity index is 1.65. The zero-order chi connectivity index (χ0) is 16.1. The fourth-order valence-electron chi connectivity index (χ4n) is 2.57. The number of fused-ring (bicyclic) bond motifs is 1. The second-order valence-corrected chi connectivity index (χ2v) is 7.42. The van der Waals surface area contributed by atoms with Gasteiger partial charge in [-0.1, -0.05) is 0 Å². The number of alkyl halides is 2. The van der Waals surface area contributed by atoms with Crippen molar-refractivity contribution in [3.8, 4) is 0 Å². The average Bonchev–Trinajstić information content (AvgIpc) is 2.82. The lowest BCUT2D eigenvalue weighted by molar-refractivity contribution is -0.125. The fourth-order valence-corrected chi connectivity index (χ4v) is 3.27. The lowest BCUT2D eigenvalue weighted by Crippen LogP contribution is -2.34. The predicted molar refractivity (Wildman–Crippen MR) is 84.5 cm³/mol. The minimum atomic E-state index is -0.966. The standard InChI is InChI=1S/C15H16Cl2FN3O/c1-14(8-15(14,16)17)13(22)19-6-5-12-20-10-4-3-9(18)7-11(10)21(12)2/h3-4,7H,5-6,8H2,1-2H3,(H,19,22)/t14-/m0/s1. The van der Waals surface area contributed by atoms with Crippen LogP contribution in [-0.4, -0.2) is 26.3 Å². The molecule has 7 heteroatoms. The van der Waals surface area contributed by atoms with Crippen molar-refractivity contribution in [1.82, 2.24) is 14.9 Å².